The molecule has 0 atom stereocenters. The van der Waals surface area contributed by atoms with Gasteiger partial charge in [0.2, 0.25) is 5.91 Å². The molecule has 2 aromatic carbocycles. The molecule has 0 aliphatic carbocycles. The minimum atomic E-state index is -1.51. The summed E-state index contributed by atoms with van der Waals surface area (Å²) in [6.45, 7) is 0.756. The Balaban J connectivity index is 1.43. The van der Waals surface area contributed by atoms with Gasteiger partial charge in [0.05, 0.1) is 32.4 Å². The number of amides is 1. The molecular weight excluding hydrogens is 373 g/mol. The fourth-order valence-electron chi connectivity index (χ4n) is 3.85. The lowest BCUT2D eigenvalue weighted by Gasteiger charge is -2.37. The minimum Gasteiger partial charge on any atom is -0.497 e. The molecule has 1 aliphatic rings. The van der Waals surface area contributed by atoms with Crippen molar-refractivity contribution in [3.8, 4) is 11.5 Å². The predicted octanol–water partition coefficient (Wildman–Crippen LogP) is 3.61. The zero-order chi connectivity index (χ0) is 20.4. The lowest BCUT2D eigenvalue weighted by atomic mass is 9.85. The first-order valence-corrected chi connectivity index (χ1v) is 9.63. The maximum absolute atomic E-state index is 15.7. The highest BCUT2D eigenvalue weighted by molar-refractivity contribution is 5.83. The number of alkyl halides is 1. The molecule has 1 saturated heterocycles. The summed E-state index contributed by atoms with van der Waals surface area (Å²) in [5.74, 6) is 1.13. The Morgan fingerprint density at radius 3 is 2.48 bits per heavy atom. The van der Waals surface area contributed by atoms with Gasteiger partial charge in [0.1, 0.15) is 17.2 Å². The molecule has 2 heterocycles. The number of benzene rings is 2. The number of hydrogen-bond acceptors (Lipinski definition) is 4. The van der Waals surface area contributed by atoms with E-state index in [2.05, 4.69) is 10.2 Å². The molecule has 6 nitrogen and oxygen atoms in total. The summed E-state index contributed by atoms with van der Waals surface area (Å²) in [6, 6.07) is 10.9. The van der Waals surface area contributed by atoms with E-state index in [1.54, 1.807) is 43.5 Å². The van der Waals surface area contributed by atoms with Gasteiger partial charge in [0.25, 0.3) is 0 Å². The highest BCUT2D eigenvalue weighted by atomic mass is 19.1. The van der Waals surface area contributed by atoms with Crippen molar-refractivity contribution in [3.05, 3.63) is 53.7 Å². The van der Waals surface area contributed by atoms with E-state index in [0.717, 1.165) is 16.5 Å². The summed E-state index contributed by atoms with van der Waals surface area (Å²) >= 11 is 0. The quantitative estimate of drug-likeness (QED) is 0.714. The average Bonchev–Trinajstić information content (AvgIpc) is 3.21. The molecule has 1 aliphatic heterocycles. The molecule has 4 rings (SSSR count). The predicted molar refractivity (Wildman–Crippen MR) is 108 cm³/mol. The van der Waals surface area contributed by atoms with E-state index in [-0.39, 0.29) is 18.7 Å². The number of nitrogens with zero attached hydrogens (tertiary/aromatic N) is 2. The first kappa shape index (κ1) is 19.2. The zero-order valence-corrected chi connectivity index (χ0v) is 16.6. The van der Waals surface area contributed by atoms with Crippen LogP contribution in [0.5, 0.6) is 11.5 Å². The number of rotatable bonds is 5. The van der Waals surface area contributed by atoms with Crippen LogP contribution in [0.25, 0.3) is 10.9 Å². The summed E-state index contributed by atoms with van der Waals surface area (Å²) in [4.78, 5) is 14.5. The zero-order valence-electron chi connectivity index (χ0n) is 16.6. The van der Waals surface area contributed by atoms with Crippen LogP contribution in [0.2, 0.25) is 0 Å². The number of H-pyrrole nitrogens is 1. The van der Waals surface area contributed by atoms with Gasteiger partial charge in [-0.1, -0.05) is 6.07 Å². The number of methoxy groups -OCH3 is 2. The van der Waals surface area contributed by atoms with Gasteiger partial charge in [-0.25, -0.2) is 4.39 Å². The number of nitrogens with one attached hydrogen (secondary N) is 1. The van der Waals surface area contributed by atoms with Gasteiger partial charge in [-0.05, 0) is 35.4 Å². The van der Waals surface area contributed by atoms with Crippen LogP contribution in [-0.2, 0) is 16.9 Å². The highest BCUT2D eigenvalue weighted by Crippen LogP contribution is 2.40. The molecule has 0 unspecified atom stereocenters. The van der Waals surface area contributed by atoms with E-state index < -0.39 is 5.67 Å². The van der Waals surface area contributed by atoms with Crippen molar-refractivity contribution >= 4 is 16.8 Å². The molecule has 0 spiro atoms. The number of aromatic amines is 1. The Morgan fingerprint density at radius 2 is 1.83 bits per heavy atom. The topological polar surface area (TPSA) is 67.5 Å². The van der Waals surface area contributed by atoms with Crippen LogP contribution in [0.1, 0.15) is 24.0 Å². The van der Waals surface area contributed by atoms with Crippen molar-refractivity contribution in [1.82, 2.24) is 15.1 Å². The normalized spacial score (nSPS) is 16.0. The lowest BCUT2D eigenvalue weighted by molar-refractivity contribution is -0.133. The maximum Gasteiger partial charge on any atom is 0.226 e. The number of ether oxygens (including phenoxy) is 2. The number of hydrogen-bond donors (Lipinski definition) is 1. The standard InChI is InChI=1S/C22H24FN3O3/c1-28-18-11-17(12-19(13-18)29-2)22(23)5-7-26(8-6-22)21(27)10-15-3-4-20-16(9-15)14-24-25-20/h3-4,9,11-14H,5-8,10H2,1-2H3,(H,24,25). The van der Waals surface area contributed by atoms with E-state index >= 15 is 4.39 Å². The van der Waals surface area contributed by atoms with E-state index in [0.29, 0.717) is 36.6 Å². The smallest absolute Gasteiger partial charge is 0.226 e. The van der Waals surface area contributed by atoms with Gasteiger partial charge < -0.3 is 14.4 Å². The fourth-order valence-corrected chi connectivity index (χ4v) is 3.85. The summed E-state index contributed by atoms with van der Waals surface area (Å²) in [7, 11) is 3.09. The van der Waals surface area contributed by atoms with Crippen molar-refractivity contribution in [2.24, 2.45) is 0 Å². The van der Waals surface area contributed by atoms with Crippen molar-refractivity contribution in [1.29, 1.82) is 0 Å². The number of likely N-dealkylation sites (tertiary alicyclic amines) is 1. The van der Waals surface area contributed by atoms with Gasteiger partial charge in [0, 0.05) is 37.4 Å². The number of aromatic nitrogens is 2. The van der Waals surface area contributed by atoms with Gasteiger partial charge >= 0.3 is 0 Å². The average molecular weight is 397 g/mol. The SMILES string of the molecule is COc1cc(OC)cc(C2(F)CCN(C(=O)Cc3ccc4[nH]ncc4c3)CC2)c1. The van der Waals surface area contributed by atoms with Crippen LogP contribution in [0.4, 0.5) is 4.39 Å². The fraction of sp³-hybridized carbons (Fsp3) is 0.364. The van der Waals surface area contributed by atoms with Crippen LogP contribution in [-0.4, -0.2) is 48.3 Å². The van der Waals surface area contributed by atoms with Crippen molar-refractivity contribution in [2.45, 2.75) is 24.9 Å². The highest BCUT2D eigenvalue weighted by Gasteiger charge is 2.38. The monoisotopic (exact) mass is 397 g/mol. The second-order valence-electron chi connectivity index (χ2n) is 7.42. The number of halogens is 1. The van der Waals surface area contributed by atoms with Gasteiger partial charge in [-0.2, -0.15) is 5.10 Å². The van der Waals surface area contributed by atoms with E-state index in [1.165, 1.54) is 0 Å². The lowest BCUT2D eigenvalue weighted by Crippen LogP contribution is -2.44. The number of carbonyl (C=O) groups is 1. The second kappa shape index (κ2) is 7.73. The van der Waals surface area contributed by atoms with Crippen LogP contribution in [0, 0.1) is 0 Å². The first-order valence-electron chi connectivity index (χ1n) is 9.63. The summed E-state index contributed by atoms with van der Waals surface area (Å²) in [5.41, 5.74) is 0.897. The molecule has 0 saturated carbocycles. The number of piperidine rings is 1. The Kier molecular flexibility index (Phi) is 5.13. The number of fused-ring (bicyclic) bond motifs is 1. The summed E-state index contributed by atoms with van der Waals surface area (Å²) in [6.07, 6.45) is 2.53. The van der Waals surface area contributed by atoms with Crippen molar-refractivity contribution in [2.75, 3.05) is 27.3 Å². The van der Waals surface area contributed by atoms with Crippen molar-refractivity contribution < 1.29 is 18.7 Å². The van der Waals surface area contributed by atoms with Gasteiger partial charge in [-0.15, -0.1) is 0 Å². The molecule has 3 aromatic rings. The third-order valence-electron chi connectivity index (χ3n) is 5.64. The Hall–Kier alpha value is -3.09. The molecule has 0 radical (unpaired) electrons. The molecule has 1 aromatic heterocycles. The molecule has 7 heteroatoms. The molecule has 1 amide bonds. The molecule has 1 N–H and O–H groups in total. The molecule has 1 fully saturated rings. The van der Waals surface area contributed by atoms with E-state index in [1.807, 2.05) is 18.2 Å². The Labute approximate surface area is 168 Å². The molecular formula is C22H24FN3O3. The largest absolute Gasteiger partial charge is 0.497 e. The van der Waals surface area contributed by atoms with Crippen LogP contribution < -0.4 is 9.47 Å². The van der Waals surface area contributed by atoms with Crippen molar-refractivity contribution in [3.63, 3.8) is 0 Å². The maximum atomic E-state index is 15.7. The van der Waals surface area contributed by atoms with Gasteiger partial charge in [-0.3, -0.25) is 9.89 Å². The van der Waals surface area contributed by atoms with E-state index in [4.69, 9.17) is 9.47 Å². The van der Waals surface area contributed by atoms with E-state index in [9.17, 15) is 4.79 Å². The Morgan fingerprint density at radius 1 is 1.14 bits per heavy atom. The van der Waals surface area contributed by atoms with Gasteiger partial charge in [0.15, 0.2) is 0 Å². The summed E-state index contributed by atoms with van der Waals surface area (Å²) < 4.78 is 26.2. The number of carbonyl (C=O) groups excluding carboxylic acids is 1. The minimum absolute atomic E-state index is 0.0121. The third kappa shape index (κ3) is 3.90. The van der Waals surface area contributed by atoms with Crippen LogP contribution in [0.15, 0.2) is 42.6 Å². The Bertz CT molecular complexity index is 1000. The molecule has 152 valence electrons. The van der Waals surface area contributed by atoms with Crippen LogP contribution in [0.3, 0.4) is 0 Å². The molecule has 0 bridgehead atoms. The van der Waals surface area contributed by atoms with Crippen LogP contribution >= 0.6 is 0 Å². The first-order chi connectivity index (χ1) is 14.0. The third-order valence-corrected chi connectivity index (χ3v) is 5.64. The second-order valence-corrected chi connectivity index (χ2v) is 7.42. The molecule has 29 heavy (non-hydrogen) atoms. The summed E-state index contributed by atoms with van der Waals surface area (Å²) in [5, 5.41) is 7.88.